The average molecular weight is 369 g/mol. The van der Waals surface area contributed by atoms with E-state index in [0.29, 0.717) is 23.0 Å². The molecule has 1 aromatic heterocycles. The van der Waals surface area contributed by atoms with Crippen LogP contribution in [0.3, 0.4) is 0 Å². The molecule has 1 aromatic rings. The topological polar surface area (TPSA) is 49.4 Å². The summed E-state index contributed by atoms with van der Waals surface area (Å²) in [4.78, 5) is 0.145. The van der Waals surface area contributed by atoms with Crippen LogP contribution in [0.4, 0.5) is 0 Å². The molecule has 0 spiro atoms. The van der Waals surface area contributed by atoms with Crippen molar-refractivity contribution >= 4 is 44.6 Å². The molecule has 0 amide bonds. The summed E-state index contributed by atoms with van der Waals surface area (Å²) in [5.74, 6) is 0. The second-order valence-corrected chi connectivity index (χ2v) is 9.80. The van der Waals surface area contributed by atoms with Crippen LogP contribution in [0.15, 0.2) is 11.0 Å². The molecule has 2 bridgehead atoms. The lowest BCUT2D eigenvalue weighted by molar-refractivity contribution is 0.232. The summed E-state index contributed by atoms with van der Waals surface area (Å²) in [6, 6.07) is 2.40. The molecular formula is C13H18Cl2N2O2S2. The summed E-state index contributed by atoms with van der Waals surface area (Å²) in [5.41, 5.74) is 0. The van der Waals surface area contributed by atoms with E-state index in [2.05, 4.69) is 5.32 Å². The molecule has 3 heterocycles. The van der Waals surface area contributed by atoms with Crippen molar-refractivity contribution < 1.29 is 8.42 Å². The first kappa shape index (κ1) is 16.0. The van der Waals surface area contributed by atoms with Gasteiger partial charge in [-0.2, -0.15) is 4.31 Å². The number of rotatable bonds is 4. The Bertz CT molecular complexity index is 620. The van der Waals surface area contributed by atoms with Crippen LogP contribution in [0.1, 0.15) is 32.6 Å². The quantitative estimate of drug-likeness (QED) is 0.886. The van der Waals surface area contributed by atoms with Crippen molar-refractivity contribution in [2.45, 2.75) is 55.6 Å². The Morgan fingerprint density at radius 1 is 1.33 bits per heavy atom. The Labute approximate surface area is 139 Å². The molecule has 0 aromatic carbocycles. The maximum atomic E-state index is 12.9. The van der Waals surface area contributed by atoms with Crippen LogP contribution < -0.4 is 5.32 Å². The zero-order chi connectivity index (χ0) is 15.2. The molecule has 2 fully saturated rings. The number of sulfonamides is 1. The number of nitrogens with one attached hydrogen (secondary N) is 1. The molecule has 0 saturated carbocycles. The minimum Gasteiger partial charge on any atom is -0.311 e. The summed E-state index contributed by atoms with van der Waals surface area (Å²) in [5, 5.41) is 3.54. The highest BCUT2D eigenvalue weighted by Crippen LogP contribution is 2.38. The summed E-state index contributed by atoms with van der Waals surface area (Å²) in [6.07, 6.45) is 4.03. The van der Waals surface area contributed by atoms with Gasteiger partial charge < -0.3 is 5.32 Å². The van der Waals surface area contributed by atoms with Gasteiger partial charge in [0.2, 0.25) is 10.0 Å². The van der Waals surface area contributed by atoms with Gasteiger partial charge in [-0.25, -0.2) is 8.42 Å². The molecular weight excluding hydrogens is 351 g/mol. The van der Waals surface area contributed by atoms with E-state index in [-0.39, 0.29) is 15.3 Å². The van der Waals surface area contributed by atoms with Gasteiger partial charge in [0.1, 0.15) is 9.23 Å². The molecule has 21 heavy (non-hydrogen) atoms. The lowest BCUT2D eigenvalue weighted by Crippen LogP contribution is -2.50. The minimum absolute atomic E-state index is 0.0495. The number of nitrogens with zero attached hydrogens (tertiary/aromatic N) is 1. The first-order valence-corrected chi connectivity index (χ1v) is 10.2. The Balaban J connectivity index is 1.90. The smallest absolute Gasteiger partial charge is 0.245 e. The van der Waals surface area contributed by atoms with Crippen molar-refractivity contribution in [1.82, 2.24) is 9.62 Å². The Kier molecular flexibility index (Phi) is 4.56. The maximum absolute atomic E-state index is 12.9. The van der Waals surface area contributed by atoms with Crippen molar-refractivity contribution in [2.24, 2.45) is 0 Å². The summed E-state index contributed by atoms with van der Waals surface area (Å²) in [7, 11) is -3.58. The van der Waals surface area contributed by atoms with Gasteiger partial charge in [0, 0.05) is 24.7 Å². The average Bonchev–Trinajstić information content (AvgIpc) is 2.92. The maximum Gasteiger partial charge on any atom is 0.245 e. The lowest BCUT2D eigenvalue weighted by atomic mass is 10.00. The number of hydrogen-bond acceptors (Lipinski definition) is 4. The van der Waals surface area contributed by atoms with Crippen LogP contribution in [-0.4, -0.2) is 37.4 Å². The molecule has 0 aliphatic carbocycles. The van der Waals surface area contributed by atoms with Gasteiger partial charge in [0.25, 0.3) is 0 Å². The molecule has 118 valence electrons. The third-order valence-corrected chi connectivity index (χ3v) is 8.16. The van der Waals surface area contributed by atoms with Gasteiger partial charge >= 0.3 is 0 Å². The van der Waals surface area contributed by atoms with Crippen LogP contribution in [0.25, 0.3) is 0 Å². The predicted octanol–water partition coefficient (Wildman–Crippen LogP) is 3.35. The predicted molar refractivity (Wildman–Crippen MR) is 86.9 cm³/mol. The molecule has 0 radical (unpaired) electrons. The highest BCUT2D eigenvalue weighted by atomic mass is 35.5. The highest BCUT2D eigenvalue weighted by molar-refractivity contribution is 7.89. The van der Waals surface area contributed by atoms with E-state index >= 15 is 0 Å². The zero-order valence-electron chi connectivity index (χ0n) is 11.7. The van der Waals surface area contributed by atoms with Crippen molar-refractivity contribution in [1.29, 1.82) is 0 Å². The van der Waals surface area contributed by atoms with Crippen molar-refractivity contribution in [3.8, 4) is 0 Å². The van der Waals surface area contributed by atoms with E-state index in [9.17, 15) is 8.42 Å². The third kappa shape index (κ3) is 2.99. The molecule has 2 unspecified atom stereocenters. The summed E-state index contributed by atoms with van der Waals surface area (Å²) >= 11 is 13.1. The molecule has 2 saturated heterocycles. The fraction of sp³-hybridized carbons (Fsp3) is 0.692. The molecule has 8 heteroatoms. The van der Waals surface area contributed by atoms with Crippen LogP contribution in [0, 0.1) is 0 Å². The number of halogens is 2. The van der Waals surface area contributed by atoms with Gasteiger partial charge in [-0.3, -0.25) is 0 Å². The second-order valence-electron chi connectivity index (χ2n) is 5.66. The fourth-order valence-electron chi connectivity index (χ4n) is 3.51. The Hall–Kier alpha value is 0.150. The zero-order valence-corrected chi connectivity index (χ0v) is 14.8. The largest absolute Gasteiger partial charge is 0.311 e. The number of piperidine rings is 1. The van der Waals surface area contributed by atoms with Crippen molar-refractivity contribution in [2.75, 3.05) is 6.54 Å². The van der Waals surface area contributed by atoms with Gasteiger partial charge in [-0.15, -0.1) is 11.3 Å². The molecule has 2 aliphatic rings. The minimum atomic E-state index is -3.58. The Morgan fingerprint density at radius 2 is 1.95 bits per heavy atom. The number of thiophene rings is 1. The first-order valence-electron chi connectivity index (χ1n) is 7.14. The molecule has 3 rings (SSSR count). The Morgan fingerprint density at radius 3 is 2.43 bits per heavy atom. The lowest BCUT2D eigenvalue weighted by Gasteiger charge is -2.36. The molecule has 2 aliphatic heterocycles. The van der Waals surface area contributed by atoms with E-state index in [0.717, 1.165) is 37.0 Å². The van der Waals surface area contributed by atoms with Crippen molar-refractivity contribution in [3.05, 3.63) is 14.7 Å². The van der Waals surface area contributed by atoms with Gasteiger partial charge in [0.05, 0.1) is 4.34 Å². The number of fused-ring (bicyclic) bond motifs is 2. The molecule has 2 atom stereocenters. The fourth-order valence-corrected chi connectivity index (χ4v) is 7.28. The van der Waals surface area contributed by atoms with Gasteiger partial charge in [-0.05, 0) is 31.7 Å². The van der Waals surface area contributed by atoms with Crippen LogP contribution >= 0.6 is 34.5 Å². The van der Waals surface area contributed by atoms with Gasteiger partial charge in [0.15, 0.2) is 0 Å². The van der Waals surface area contributed by atoms with Crippen LogP contribution in [0.5, 0.6) is 0 Å². The van der Waals surface area contributed by atoms with E-state index in [1.807, 2.05) is 6.92 Å². The van der Waals surface area contributed by atoms with E-state index < -0.39 is 10.0 Å². The standard InChI is InChI=1S/C13H18Cl2N2O2S2/c1-2-17(10-5-8-3-4-9(6-10)16-8)21(18,19)11-7-12(14)20-13(11)15/h7-10,16H,2-6H2,1H3. The first-order chi connectivity index (χ1) is 9.91. The SMILES string of the molecule is CCN(C1CC2CCC(C1)N2)S(=O)(=O)c1cc(Cl)sc1Cl. The summed E-state index contributed by atoms with van der Waals surface area (Å²) < 4.78 is 28.0. The van der Waals surface area contributed by atoms with Crippen molar-refractivity contribution in [3.63, 3.8) is 0 Å². The number of hydrogen-bond donors (Lipinski definition) is 1. The molecule has 4 nitrogen and oxygen atoms in total. The van der Waals surface area contributed by atoms with Gasteiger partial charge in [-0.1, -0.05) is 30.1 Å². The van der Waals surface area contributed by atoms with E-state index in [1.54, 1.807) is 4.31 Å². The van der Waals surface area contributed by atoms with Crippen LogP contribution in [-0.2, 0) is 10.0 Å². The second kappa shape index (κ2) is 5.98. The monoisotopic (exact) mass is 368 g/mol. The van der Waals surface area contributed by atoms with E-state index in [4.69, 9.17) is 23.2 Å². The molecule has 1 N–H and O–H groups in total. The normalized spacial score (nSPS) is 29.2. The highest BCUT2D eigenvalue weighted by Gasteiger charge is 2.40. The third-order valence-electron chi connectivity index (χ3n) is 4.38. The van der Waals surface area contributed by atoms with E-state index in [1.165, 1.54) is 6.07 Å². The summed E-state index contributed by atoms with van der Waals surface area (Å²) in [6.45, 7) is 2.33. The van der Waals surface area contributed by atoms with Crippen LogP contribution in [0.2, 0.25) is 8.67 Å².